The summed E-state index contributed by atoms with van der Waals surface area (Å²) in [4.78, 5) is 4.86. The third-order valence-corrected chi connectivity index (χ3v) is 5.26. The Hall–Kier alpha value is -1.10. The second kappa shape index (κ2) is 8.13. The van der Waals surface area contributed by atoms with Crippen LogP contribution < -0.4 is 4.74 Å². The summed E-state index contributed by atoms with van der Waals surface area (Å²) >= 11 is 0. The Labute approximate surface area is 140 Å². The number of nitrogens with zero attached hydrogens (tertiary/aromatic N) is 2. The van der Waals surface area contributed by atoms with Crippen molar-refractivity contribution in [1.82, 2.24) is 9.80 Å². The molecule has 0 unspecified atom stereocenters. The molecule has 1 saturated heterocycles. The van der Waals surface area contributed by atoms with Crippen LogP contribution in [-0.4, -0.2) is 60.3 Å². The normalized spacial score (nSPS) is 24.2. The van der Waals surface area contributed by atoms with E-state index in [1.807, 2.05) is 0 Å². The van der Waals surface area contributed by atoms with Gasteiger partial charge in [-0.2, -0.15) is 0 Å². The molecule has 1 heterocycles. The molecule has 1 atom stereocenters. The van der Waals surface area contributed by atoms with Crippen molar-refractivity contribution in [3.8, 4) is 5.75 Å². The summed E-state index contributed by atoms with van der Waals surface area (Å²) in [5.41, 5.74) is 1.34. The van der Waals surface area contributed by atoms with Gasteiger partial charge in [0.2, 0.25) is 0 Å². The molecule has 0 spiro atoms. The number of aliphatic hydroxyl groups excluding tert-OH is 1. The fraction of sp³-hybridized carbons (Fsp3) is 0.684. The molecule has 0 amide bonds. The van der Waals surface area contributed by atoms with Gasteiger partial charge in [0.25, 0.3) is 0 Å². The number of rotatable bonds is 6. The first-order valence-corrected chi connectivity index (χ1v) is 9.03. The summed E-state index contributed by atoms with van der Waals surface area (Å²) in [5, 5.41) is 9.20. The molecule has 1 saturated carbocycles. The zero-order valence-electron chi connectivity index (χ0n) is 14.3. The third kappa shape index (κ3) is 4.69. The molecule has 1 aliphatic carbocycles. The average molecular weight is 318 g/mol. The lowest BCUT2D eigenvalue weighted by Crippen LogP contribution is -2.51. The van der Waals surface area contributed by atoms with E-state index < -0.39 is 0 Å². The molecule has 1 aromatic carbocycles. The molecular weight excluding hydrogens is 288 g/mol. The molecule has 128 valence electrons. The maximum absolute atomic E-state index is 9.20. The van der Waals surface area contributed by atoms with E-state index in [1.165, 1.54) is 31.2 Å². The molecule has 0 bridgehead atoms. The van der Waals surface area contributed by atoms with E-state index in [2.05, 4.69) is 41.1 Å². The first-order valence-electron chi connectivity index (χ1n) is 9.03. The average Bonchev–Trinajstić information content (AvgIpc) is 3.06. The van der Waals surface area contributed by atoms with Gasteiger partial charge in [0.15, 0.2) is 0 Å². The molecular formula is C19H30N2O2. The van der Waals surface area contributed by atoms with Gasteiger partial charge >= 0.3 is 0 Å². The quantitative estimate of drug-likeness (QED) is 0.874. The van der Waals surface area contributed by atoms with Crippen molar-refractivity contribution in [2.24, 2.45) is 0 Å². The predicted molar refractivity (Wildman–Crippen MR) is 92.7 cm³/mol. The van der Waals surface area contributed by atoms with Crippen LogP contribution in [0.5, 0.6) is 5.75 Å². The van der Waals surface area contributed by atoms with Crippen molar-refractivity contribution < 1.29 is 9.84 Å². The van der Waals surface area contributed by atoms with Gasteiger partial charge in [0.1, 0.15) is 5.75 Å². The highest BCUT2D eigenvalue weighted by atomic mass is 16.5. The smallest absolute Gasteiger partial charge is 0.119 e. The van der Waals surface area contributed by atoms with E-state index in [9.17, 15) is 5.11 Å². The maximum Gasteiger partial charge on any atom is 0.119 e. The van der Waals surface area contributed by atoms with Gasteiger partial charge in [-0.05, 0) is 56.8 Å². The van der Waals surface area contributed by atoms with Crippen molar-refractivity contribution in [1.29, 1.82) is 0 Å². The Morgan fingerprint density at radius 3 is 2.57 bits per heavy atom. The highest BCUT2D eigenvalue weighted by Crippen LogP contribution is 2.24. The van der Waals surface area contributed by atoms with Crippen LogP contribution in [0.4, 0.5) is 0 Å². The van der Waals surface area contributed by atoms with Gasteiger partial charge < -0.3 is 14.7 Å². The maximum atomic E-state index is 9.20. The molecule has 1 aromatic rings. The molecule has 1 N–H and O–H groups in total. The Balaban J connectivity index is 1.51. The SMILES string of the molecule is CN1CCN(Cc2ccc(OC3CCCC3)cc2)C[C@H]1CCO. The molecule has 4 nitrogen and oxygen atoms in total. The Bertz CT molecular complexity index is 471. The number of likely N-dealkylation sites (N-methyl/N-ethyl adjacent to an activating group) is 1. The van der Waals surface area contributed by atoms with Crippen LogP contribution in [0, 0.1) is 0 Å². The van der Waals surface area contributed by atoms with Crippen LogP contribution in [0.1, 0.15) is 37.7 Å². The van der Waals surface area contributed by atoms with Crippen LogP contribution in [-0.2, 0) is 6.54 Å². The van der Waals surface area contributed by atoms with Crippen molar-refractivity contribution in [2.75, 3.05) is 33.3 Å². The van der Waals surface area contributed by atoms with Gasteiger partial charge in [-0.25, -0.2) is 0 Å². The van der Waals surface area contributed by atoms with Crippen molar-refractivity contribution in [3.05, 3.63) is 29.8 Å². The molecule has 3 rings (SSSR count). The number of benzene rings is 1. The topological polar surface area (TPSA) is 35.9 Å². The van der Waals surface area contributed by atoms with Crippen LogP contribution >= 0.6 is 0 Å². The fourth-order valence-electron chi connectivity index (χ4n) is 3.75. The fourth-order valence-corrected chi connectivity index (χ4v) is 3.75. The minimum atomic E-state index is 0.274. The van der Waals surface area contributed by atoms with Crippen LogP contribution in [0.25, 0.3) is 0 Å². The lowest BCUT2D eigenvalue weighted by Gasteiger charge is -2.39. The van der Waals surface area contributed by atoms with E-state index in [0.717, 1.165) is 38.3 Å². The third-order valence-electron chi connectivity index (χ3n) is 5.26. The summed E-state index contributed by atoms with van der Waals surface area (Å²) in [6, 6.07) is 9.11. The minimum absolute atomic E-state index is 0.274. The Morgan fingerprint density at radius 2 is 1.87 bits per heavy atom. The van der Waals surface area contributed by atoms with Gasteiger partial charge in [0, 0.05) is 38.8 Å². The van der Waals surface area contributed by atoms with Crippen LogP contribution in [0.2, 0.25) is 0 Å². The van der Waals surface area contributed by atoms with Crippen molar-refractivity contribution in [3.63, 3.8) is 0 Å². The number of hydrogen-bond acceptors (Lipinski definition) is 4. The number of ether oxygens (including phenoxy) is 1. The standard InChI is InChI=1S/C19H30N2O2/c1-20-11-12-21(15-17(20)10-13-22)14-16-6-8-19(9-7-16)23-18-4-2-3-5-18/h6-9,17-18,22H,2-5,10-15H2,1H3/t17-/m1/s1. The lowest BCUT2D eigenvalue weighted by molar-refractivity contribution is 0.0743. The predicted octanol–water partition coefficient (Wildman–Crippen LogP) is 2.51. The van der Waals surface area contributed by atoms with E-state index in [0.29, 0.717) is 12.1 Å². The lowest BCUT2D eigenvalue weighted by atomic mass is 10.1. The monoisotopic (exact) mass is 318 g/mol. The number of aliphatic hydroxyl groups is 1. The first-order chi connectivity index (χ1) is 11.2. The van der Waals surface area contributed by atoms with Crippen molar-refractivity contribution in [2.45, 2.75) is 50.8 Å². The number of piperazine rings is 1. The number of hydrogen-bond donors (Lipinski definition) is 1. The van der Waals surface area contributed by atoms with E-state index in [4.69, 9.17) is 4.74 Å². The molecule has 2 aliphatic rings. The summed E-state index contributed by atoms with van der Waals surface area (Å²) in [5.74, 6) is 1.01. The van der Waals surface area contributed by atoms with E-state index in [-0.39, 0.29) is 6.61 Å². The van der Waals surface area contributed by atoms with Crippen molar-refractivity contribution >= 4 is 0 Å². The Kier molecular flexibility index (Phi) is 5.92. The van der Waals surface area contributed by atoms with Gasteiger partial charge in [-0.15, -0.1) is 0 Å². The summed E-state index contributed by atoms with van der Waals surface area (Å²) in [7, 11) is 2.16. The second-order valence-electron chi connectivity index (χ2n) is 7.05. The second-order valence-corrected chi connectivity index (χ2v) is 7.05. The minimum Gasteiger partial charge on any atom is -0.490 e. The summed E-state index contributed by atoms with van der Waals surface area (Å²) < 4.78 is 6.04. The zero-order valence-corrected chi connectivity index (χ0v) is 14.3. The largest absolute Gasteiger partial charge is 0.490 e. The van der Waals surface area contributed by atoms with Crippen LogP contribution in [0.15, 0.2) is 24.3 Å². The summed E-state index contributed by atoms with van der Waals surface area (Å²) in [6.07, 6.45) is 6.31. The van der Waals surface area contributed by atoms with Gasteiger partial charge in [-0.3, -0.25) is 4.90 Å². The highest BCUT2D eigenvalue weighted by molar-refractivity contribution is 5.27. The van der Waals surface area contributed by atoms with Gasteiger partial charge in [-0.1, -0.05) is 12.1 Å². The highest BCUT2D eigenvalue weighted by Gasteiger charge is 2.23. The molecule has 2 fully saturated rings. The molecule has 0 aromatic heterocycles. The molecule has 23 heavy (non-hydrogen) atoms. The molecule has 1 aliphatic heterocycles. The van der Waals surface area contributed by atoms with E-state index in [1.54, 1.807) is 0 Å². The molecule has 4 heteroatoms. The van der Waals surface area contributed by atoms with E-state index >= 15 is 0 Å². The first kappa shape index (κ1) is 16.7. The van der Waals surface area contributed by atoms with Gasteiger partial charge in [0.05, 0.1) is 6.10 Å². The molecule has 0 radical (unpaired) electrons. The van der Waals surface area contributed by atoms with Crippen LogP contribution in [0.3, 0.4) is 0 Å². The zero-order chi connectivity index (χ0) is 16.1. The summed E-state index contributed by atoms with van der Waals surface area (Å²) in [6.45, 7) is 4.47. The Morgan fingerprint density at radius 1 is 1.13 bits per heavy atom.